The first-order valence-corrected chi connectivity index (χ1v) is 4.60. The van der Waals surface area contributed by atoms with Gasteiger partial charge in [-0.3, -0.25) is 0 Å². The molecule has 0 bridgehead atoms. The highest BCUT2D eigenvalue weighted by atomic mass is 127. The van der Waals surface area contributed by atoms with Crippen molar-refractivity contribution >= 4 is 45.2 Å². The van der Waals surface area contributed by atoms with Crippen LogP contribution in [0.4, 0.5) is 13.2 Å². The third-order valence-electron chi connectivity index (χ3n) is 0.990. The van der Waals surface area contributed by atoms with Crippen molar-refractivity contribution in [1.29, 1.82) is 0 Å². The van der Waals surface area contributed by atoms with E-state index in [2.05, 4.69) is 0 Å². The second-order valence-electron chi connectivity index (χ2n) is 1.69. The van der Waals surface area contributed by atoms with E-state index >= 15 is 0 Å². The molecule has 0 saturated heterocycles. The summed E-state index contributed by atoms with van der Waals surface area (Å²) in [5.74, 6) is -2.83. The van der Waals surface area contributed by atoms with Gasteiger partial charge in [0.25, 0.3) is 0 Å². The van der Waals surface area contributed by atoms with Crippen LogP contribution in [0.25, 0.3) is 0 Å². The molecule has 0 N–H and O–H groups in total. The summed E-state index contributed by atoms with van der Waals surface area (Å²) < 4.78 is 37.2. The summed E-state index contributed by atoms with van der Waals surface area (Å²) in [5.41, 5.74) is 0. The summed E-state index contributed by atoms with van der Waals surface area (Å²) in [6.07, 6.45) is 0. The van der Waals surface area contributed by atoms with E-state index in [0.717, 1.165) is 0 Å². The van der Waals surface area contributed by atoms with Crippen molar-refractivity contribution in [3.05, 3.63) is 30.7 Å². The zero-order valence-corrected chi connectivity index (χ0v) is 9.20. The Labute approximate surface area is 88.5 Å². The standard InChI is InChI=1S/C6F3I2/c7-2-1-3(8)6(11)4(9)5(2)10. The topological polar surface area (TPSA) is 0 Å². The Balaban J connectivity index is 3.46. The summed E-state index contributed by atoms with van der Waals surface area (Å²) >= 11 is 2.92. The van der Waals surface area contributed by atoms with Crippen LogP contribution in [0.5, 0.6) is 0 Å². The number of hydrogen-bond donors (Lipinski definition) is 0. The lowest BCUT2D eigenvalue weighted by molar-refractivity contribution is 0.522. The Morgan fingerprint density at radius 1 is 0.909 bits per heavy atom. The number of hydrogen-bond acceptors (Lipinski definition) is 0. The minimum atomic E-state index is -0.985. The van der Waals surface area contributed by atoms with Crippen molar-refractivity contribution < 1.29 is 13.2 Å². The Morgan fingerprint density at radius 3 is 1.64 bits per heavy atom. The lowest BCUT2D eigenvalue weighted by Gasteiger charge is -1.99. The molecular weight excluding hydrogens is 383 g/mol. The minimum Gasteiger partial charge on any atom is -0.205 e. The van der Waals surface area contributed by atoms with Crippen LogP contribution in [0.1, 0.15) is 0 Å². The van der Waals surface area contributed by atoms with E-state index < -0.39 is 17.5 Å². The Kier molecular flexibility index (Phi) is 3.01. The molecule has 0 heterocycles. The summed E-state index contributed by atoms with van der Waals surface area (Å²) in [4.78, 5) is 0. The van der Waals surface area contributed by atoms with E-state index in [4.69, 9.17) is 0 Å². The van der Waals surface area contributed by atoms with E-state index in [1.807, 2.05) is 0 Å². The molecule has 0 unspecified atom stereocenters. The lowest BCUT2D eigenvalue weighted by atomic mass is 10.3. The molecule has 0 atom stereocenters. The second kappa shape index (κ2) is 3.46. The van der Waals surface area contributed by atoms with Gasteiger partial charge in [-0.2, -0.15) is 0 Å². The summed E-state index contributed by atoms with van der Waals surface area (Å²) in [6, 6.07) is 1.76. The molecular formula is C6F3I2. The quantitative estimate of drug-likeness (QED) is 0.367. The van der Waals surface area contributed by atoms with Gasteiger partial charge in [-0.15, -0.1) is 0 Å². The van der Waals surface area contributed by atoms with Gasteiger partial charge in [0.05, 0.1) is 13.2 Å². The van der Waals surface area contributed by atoms with Crippen LogP contribution in [0, 0.1) is 30.7 Å². The molecule has 0 aliphatic rings. The van der Waals surface area contributed by atoms with Crippen molar-refractivity contribution in [2.45, 2.75) is 0 Å². The molecule has 0 amide bonds. The maximum absolute atomic E-state index is 12.7. The highest BCUT2D eigenvalue weighted by molar-refractivity contribution is 14.1. The average Bonchev–Trinajstić information content (AvgIpc) is 1.97. The van der Waals surface area contributed by atoms with Crippen molar-refractivity contribution in [3.8, 4) is 0 Å². The molecule has 0 nitrogen and oxygen atoms in total. The van der Waals surface area contributed by atoms with E-state index in [9.17, 15) is 13.2 Å². The molecule has 59 valence electrons. The molecule has 0 fully saturated rings. The van der Waals surface area contributed by atoms with Crippen LogP contribution in [0.2, 0.25) is 0 Å². The summed E-state index contributed by atoms with van der Waals surface area (Å²) in [6.45, 7) is 0. The predicted molar refractivity (Wildman–Crippen MR) is 50.6 cm³/mol. The van der Waals surface area contributed by atoms with Crippen molar-refractivity contribution in [2.75, 3.05) is 0 Å². The molecule has 1 aromatic carbocycles. The molecule has 0 aliphatic heterocycles. The zero-order valence-electron chi connectivity index (χ0n) is 4.89. The highest BCUT2D eigenvalue weighted by Gasteiger charge is 2.14. The van der Waals surface area contributed by atoms with Crippen molar-refractivity contribution in [2.24, 2.45) is 0 Å². The molecule has 11 heavy (non-hydrogen) atoms. The van der Waals surface area contributed by atoms with E-state index in [-0.39, 0.29) is 7.14 Å². The molecule has 0 spiro atoms. The molecule has 0 aliphatic carbocycles. The van der Waals surface area contributed by atoms with Gasteiger partial charge in [-0.25, -0.2) is 13.2 Å². The van der Waals surface area contributed by atoms with Gasteiger partial charge in [0.15, 0.2) is 17.5 Å². The first-order chi connectivity index (χ1) is 5.04. The smallest absolute Gasteiger partial charge is 0.155 e. The van der Waals surface area contributed by atoms with Crippen LogP contribution in [0.15, 0.2) is 0 Å². The van der Waals surface area contributed by atoms with Gasteiger partial charge in [0, 0.05) is 0 Å². The molecule has 1 radical (unpaired) electrons. The average molecular weight is 383 g/mol. The highest BCUT2D eigenvalue weighted by Crippen LogP contribution is 2.22. The van der Waals surface area contributed by atoms with Crippen LogP contribution in [-0.2, 0) is 0 Å². The zero-order chi connectivity index (χ0) is 8.59. The van der Waals surface area contributed by atoms with Gasteiger partial charge >= 0.3 is 0 Å². The summed E-state index contributed by atoms with van der Waals surface area (Å²) in [7, 11) is 0. The molecule has 0 aromatic heterocycles. The van der Waals surface area contributed by atoms with Gasteiger partial charge in [0.2, 0.25) is 0 Å². The fraction of sp³-hybridized carbons (Fsp3) is 0. The van der Waals surface area contributed by atoms with Gasteiger partial charge in [-0.1, -0.05) is 0 Å². The molecule has 0 saturated carbocycles. The lowest BCUT2D eigenvalue weighted by Crippen LogP contribution is -1.96. The van der Waals surface area contributed by atoms with Gasteiger partial charge < -0.3 is 0 Å². The van der Waals surface area contributed by atoms with Crippen LogP contribution >= 0.6 is 45.2 Å². The Morgan fingerprint density at radius 2 is 1.27 bits per heavy atom. The second-order valence-corrected chi connectivity index (χ2v) is 3.85. The largest absolute Gasteiger partial charge is 0.205 e. The van der Waals surface area contributed by atoms with E-state index in [0.29, 0.717) is 0 Å². The maximum atomic E-state index is 12.7. The maximum Gasteiger partial charge on any atom is 0.155 e. The van der Waals surface area contributed by atoms with Crippen LogP contribution in [0.3, 0.4) is 0 Å². The number of halogens is 5. The van der Waals surface area contributed by atoms with Crippen LogP contribution in [-0.4, -0.2) is 0 Å². The van der Waals surface area contributed by atoms with Crippen molar-refractivity contribution in [1.82, 2.24) is 0 Å². The monoisotopic (exact) mass is 383 g/mol. The molecule has 5 heteroatoms. The molecule has 1 rings (SSSR count). The number of benzene rings is 1. The van der Waals surface area contributed by atoms with Crippen LogP contribution < -0.4 is 0 Å². The third-order valence-corrected chi connectivity index (χ3v) is 2.88. The first kappa shape index (κ1) is 9.56. The predicted octanol–water partition coefficient (Wildman–Crippen LogP) is 3.11. The fourth-order valence-corrected chi connectivity index (χ4v) is 1.82. The molecule has 1 aromatic rings. The van der Waals surface area contributed by atoms with Crippen molar-refractivity contribution in [3.63, 3.8) is 0 Å². The normalized spacial score (nSPS) is 10.3. The Hall–Kier alpha value is 0.470. The van der Waals surface area contributed by atoms with Gasteiger partial charge in [0.1, 0.15) is 0 Å². The van der Waals surface area contributed by atoms with E-state index in [1.54, 1.807) is 6.07 Å². The van der Waals surface area contributed by atoms with E-state index in [1.165, 1.54) is 45.2 Å². The summed E-state index contributed by atoms with van der Waals surface area (Å²) in [5, 5.41) is 0. The van der Waals surface area contributed by atoms with Gasteiger partial charge in [-0.05, 0) is 45.2 Å². The Bertz CT molecular complexity index is 272. The SMILES string of the molecule is Fc1[c]c(F)c(I)c(F)c1I. The first-order valence-electron chi connectivity index (χ1n) is 2.44. The minimum absolute atomic E-state index is 0.228. The third kappa shape index (κ3) is 1.79. The fourth-order valence-electron chi connectivity index (χ4n) is 0.495. The number of rotatable bonds is 0.